The summed E-state index contributed by atoms with van der Waals surface area (Å²) in [5, 5.41) is 2.71. The molecule has 0 saturated carbocycles. The van der Waals surface area contributed by atoms with E-state index in [1.165, 1.54) is 6.07 Å². The Morgan fingerprint density at radius 3 is 2.76 bits per heavy atom. The van der Waals surface area contributed by atoms with Crippen LogP contribution in [-0.2, 0) is 17.6 Å². The number of hydrogen-bond acceptors (Lipinski definition) is 3. The second-order valence-electron chi connectivity index (χ2n) is 5.46. The molecule has 25 heavy (non-hydrogen) atoms. The van der Waals surface area contributed by atoms with Crippen LogP contribution in [0, 0.1) is 5.82 Å². The van der Waals surface area contributed by atoms with E-state index in [9.17, 15) is 9.18 Å². The van der Waals surface area contributed by atoms with Gasteiger partial charge in [0.15, 0.2) is 18.1 Å². The summed E-state index contributed by atoms with van der Waals surface area (Å²) in [5.41, 5.74) is 1.62. The van der Waals surface area contributed by atoms with Gasteiger partial charge < -0.3 is 14.8 Å². The second kappa shape index (κ2) is 9.47. The third-order valence-corrected chi connectivity index (χ3v) is 3.64. The van der Waals surface area contributed by atoms with Crippen LogP contribution >= 0.6 is 0 Å². The van der Waals surface area contributed by atoms with Crippen LogP contribution in [0.15, 0.2) is 55.1 Å². The van der Waals surface area contributed by atoms with Crippen LogP contribution < -0.4 is 14.8 Å². The standard InChI is InChI=1S/C20H22FNO3/c1-3-6-15-9-10-18(19(13-15)24-2)25-14-20(23)22-12-11-16-7-4-5-8-17(16)21/h3-5,7-10,13H,1,6,11-12,14H2,2H3,(H,22,23). The van der Waals surface area contributed by atoms with Crippen molar-refractivity contribution in [2.75, 3.05) is 20.3 Å². The first-order chi connectivity index (χ1) is 12.1. The van der Waals surface area contributed by atoms with Crippen LogP contribution in [0.4, 0.5) is 4.39 Å². The lowest BCUT2D eigenvalue weighted by Crippen LogP contribution is -2.30. The Labute approximate surface area is 147 Å². The topological polar surface area (TPSA) is 47.6 Å². The first-order valence-electron chi connectivity index (χ1n) is 8.04. The van der Waals surface area contributed by atoms with E-state index in [-0.39, 0.29) is 18.3 Å². The molecule has 0 aliphatic heterocycles. The van der Waals surface area contributed by atoms with Crippen molar-refractivity contribution in [1.82, 2.24) is 5.32 Å². The van der Waals surface area contributed by atoms with Crippen molar-refractivity contribution in [3.63, 3.8) is 0 Å². The first-order valence-corrected chi connectivity index (χ1v) is 8.04. The molecule has 2 rings (SSSR count). The van der Waals surface area contributed by atoms with Crippen molar-refractivity contribution in [3.8, 4) is 11.5 Å². The summed E-state index contributed by atoms with van der Waals surface area (Å²) in [6.45, 7) is 3.92. The molecule has 0 fully saturated rings. The van der Waals surface area contributed by atoms with Crippen LogP contribution in [0.2, 0.25) is 0 Å². The third-order valence-electron chi connectivity index (χ3n) is 3.64. The Morgan fingerprint density at radius 1 is 1.24 bits per heavy atom. The minimum atomic E-state index is -0.270. The van der Waals surface area contributed by atoms with E-state index in [1.807, 2.05) is 12.1 Å². The molecule has 0 aromatic heterocycles. The van der Waals surface area contributed by atoms with Gasteiger partial charge in [-0.25, -0.2) is 4.39 Å². The van der Waals surface area contributed by atoms with E-state index in [2.05, 4.69) is 11.9 Å². The minimum Gasteiger partial charge on any atom is -0.493 e. The molecule has 0 bridgehead atoms. The number of nitrogens with one attached hydrogen (secondary N) is 1. The quantitative estimate of drug-likeness (QED) is 0.711. The number of carbonyl (C=O) groups is 1. The van der Waals surface area contributed by atoms with Crippen LogP contribution in [0.1, 0.15) is 11.1 Å². The smallest absolute Gasteiger partial charge is 0.257 e. The SMILES string of the molecule is C=CCc1ccc(OCC(=O)NCCc2ccccc2F)c(OC)c1. The van der Waals surface area contributed by atoms with Gasteiger partial charge in [-0.2, -0.15) is 0 Å². The van der Waals surface area contributed by atoms with Gasteiger partial charge in [0.1, 0.15) is 5.82 Å². The van der Waals surface area contributed by atoms with Gasteiger partial charge in [0.2, 0.25) is 0 Å². The molecule has 1 N–H and O–H groups in total. The Balaban J connectivity index is 1.81. The van der Waals surface area contributed by atoms with Crippen LogP contribution in [0.5, 0.6) is 11.5 Å². The van der Waals surface area contributed by atoms with Crippen molar-refractivity contribution >= 4 is 5.91 Å². The van der Waals surface area contributed by atoms with Crippen molar-refractivity contribution in [3.05, 3.63) is 72.1 Å². The number of benzene rings is 2. The average Bonchev–Trinajstić information content (AvgIpc) is 2.62. The van der Waals surface area contributed by atoms with E-state index in [4.69, 9.17) is 9.47 Å². The molecule has 0 heterocycles. The number of methoxy groups -OCH3 is 1. The fourth-order valence-electron chi connectivity index (χ4n) is 2.36. The van der Waals surface area contributed by atoms with Gasteiger partial charge in [-0.05, 0) is 42.2 Å². The zero-order valence-electron chi connectivity index (χ0n) is 14.3. The summed E-state index contributed by atoms with van der Waals surface area (Å²) in [7, 11) is 1.55. The molecule has 0 aliphatic rings. The highest BCUT2D eigenvalue weighted by molar-refractivity contribution is 5.77. The third kappa shape index (κ3) is 5.64. The maximum absolute atomic E-state index is 13.5. The van der Waals surface area contributed by atoms with Gasteiger partial charge in [-0.3, -0.25) is 4.79 Å². The number of hydrogen-bond donors (Lipinski definition) is 1. The fraction of sp³-hybridized carbons (Fsp3) is 0.250. The Morgan fingerprint density at radius 2 is 2.04 bits per heavy atom. The normalized spacial score (nSPS) is 10.2. The highest BCUT2D eigenvalue weighted by atomic mass is 19.1. The summed E-state index contributed by atoms with van der Waals surface area (Å²) in [5.74, 6) is 0.531. The molecule has 2 aromatic rings. The summed E-state index contributed by atoms with van der Waals surface area (Å²) >= 11 is 0. The van der Waals surface area contributed by atoms with Gasteiger partial charge >= 0.3 is 0 Å². The van der Waals surface area contributed by atoms with Gasteiger partial charge in [0.05, 0.1) is 7.11 Å². The molecule has 4 nitrogen and oxygen atoms in total. The summed E-state index contributed by atoms with van der Waals surface area (Å²) < 4.78 is 24.3. The van der Waals surface area contributed by atoms with E-state index < -0.39 is 0 Å². The van der Waals surface area contributed by atoms with Crippen LogP contribution in [0.25, 0.3) is 0 Å². The molecule has 0 aliphatic carbocycles. The highest BCUT2D eigenvalue weighted by Gasteiger charge is 2.09. The number of ether oxygens (including phenoxy) is 2. The lowest BCUT2D eigenvalue weighted by atomic mass is 10.1. The zero-order chi connectivity index (χ0) is 18.1. The molecule has 132 valence electrons. The van der Waals surface area contributed by atoms with Gasteiger partial charge in [0, 0.05) is 6.54 Å². The van der Waals surface area contributed by atoms with E-state index in [1.54, 1.807) is 37.5 Å². The molecular weight excluding hydrogens is 321 g/mol. The fourth-order valence-corrected chi connectivity index (χ4v) is 2.36. The largest absolute Gasteiger partial charge is 0.493 e. The van der Waals surface area contributed by atoms with E-state index >= 15 is 0 Å². The van der Waals surface area contributed by atoms with Crippen molar-refractivity contribution in [2.24, 2.45) is 0 Å². The molecule has 0 radical (unpaired) electrons. The molecule has 5 heteroatoms. The molecule has 0 spiro atoms. The number of amides is 1. The zero-order valence-corrected chi connectivity index (χ0v) is 14.3. The highest BCUT2D eigenvalue weighted by Crippen LogP contribution is 2.28. The Bertz CT molecular complexity index is 731. The lowest BCUT2D eigenvalue weighted by molar-refractivity contribution is -0.123. The molecular formula is C20H22FNO3. The van der Waals surface area contributed by atoms with Crippen molar-refractivity contribution in [2.45, 2.75) is 12.8 Å². The maximum atomic E-state index is 13.5. The summed E-state index contributed by atoms with van der Waals surface area (Å²) in [6, 6.07) is 12.0. The lowest BCUT2D eigenvalue weighted by Gasteiger charge is -2.12. The Hall–Kier alpha value is -2.82. The second-order valence-corrected chi connectivity index (χ2v) is 5.46. The Kier molecular flexibility index (Phi) is 7.01. The van der Waals surface area contributed by atoms with Crippen LogP contribution in [-0.4, -0.2) is 26.2 Å². The van der Waals surface area contributed by atoms with Gasteiger partial charge in [0.25, 0.3) is 5.91 Å². The van der Waals surface area contributed by atoms with Gasteiger partial charge in [-0.1, -0.05) is 30.3 Å². The maximum Gasteiger partial charge on any atom is 0.257 e. The number of allylic oxidation sites excluding steroid dienone is 1. The molecule has 0 atom stereocenters. The van der Waals surface area contributed by atoms with Crippen molar-refractivity contribution < 1.29 is 18.7 Å². The molecule has 0 unspecified atom stereocenters. The molecule has 1 amide bonds. The molecule has 0 saturated heterocycles. The number of rotatable bonds is 9. The predicted octanol–water partition coefficient (Wildman–Crippen LogP) is 3.30. The van der Waals surface area contributed by atoms with E-state index in [0.29, 0.717) is 30.0 Å². The average molecular weight is 343 g/mol. The summed E-state index contributed by atoms with van der Waals surface area (Å²) in [4.78, 5) is 11.9. The van der Waals surface area contributed by atoms with Crippen molar-refractivity contribution in [1.29, 1.82) is 0 Å². The predicted molar refractivity (Wildman–Crippen MR) is 95.5 cm³/mol. The minimum absolute atomic E-state index is 0.131. The number of halogens is 1. The van der Waals surface area contributed by atoms with Gasteiger partial charge in [-0.15, -0.1) is 6.58 Å². The number of carbonyl (C=O) groups excluding carboxylic acids is 1. The summed E-state index contributed by atoms with van der Waals surface area (Å²) in [6.07, 6.45) is 2.96. The van der Waals surface area contributed by atoms with E-state index in [0.717, 1.165) is 12.0 Å². The molecule has 2 aromatic carbocycles. The van der Waals surface area contributed by atoms with Crippen LogP contribution in [0.3, 0.4) is 0 Å². The first kappa shape index (κ1) is 18.5. The monoisotopic (exact) mass is 343 g/mol.